The van der Waals surface area contributed by atoms with Crippen molar-refractivity contribution < 1.29 is 19.4 Å². The molecule has 174 valence electrons. The van der Waals surface area contributed by atoms with Crippen molar-refractivity contribution in [3.05, 3.63) is 24.3 Å². The first kappa shape index (κ1) is 25.2. The van der Waals surface area contributed by atoms with Gasteiger partial charge in [-0.1, -0.05) is 0 Å². The minimum absolute atomic E-state index is 0.0252. The third-order valence-corrected chi connectivity index (χ3v) is 5.12. The monoisotopic (exact) mass is 445 g/mol. The third-order valence-electron chi connectivity index (χ3n) is 5.12. The molecule has 0 saturated carbocycles. The smallest absolute Gasteiger partial charge is 0.309 e. The maximum atomic E-state index is 12.5. The summed E-state index contributed by atoms with van der Waals surface area (Å²) in [5, 5.41) is 25.2. The number of nitrogens with zero attached hydrogens (tertiary/aromatic N) is 7. The van der Waals surface area contributed by atoms with E-state index in [1.54, 1.807) is 44.3 Å². The van der Waals surface area contributed by atoms with Gasteiger partial charge in [-0.25, -0.2) is 9.97 Å². The minimum Gasteiger partial charge on any atom is -0.481 e. The lowest BCUT2D eigenvalue weighted by Crippen LogP contribution is -2.33. The highest BCUT2D eigenvalue weighted by Crippen LogP contribution is 2.24. The summed E-state index contributed by atoms with van der Waals surface area (Å²) in [6.07, 6.45) is 4.83. The van der Waals surface area contributed by atoms with Crippen LogP contribution >= 0.6 is 0 Å². The topological polar surface area (TPSA) is 144 Å². The number of aliphatic carboxylic acids is 1. The lowest BCUT2D eigenvalue weighted by atomic mass is 9.90. The Bertz CT molecular complexity index is 889. The lowest BCUT2D eigenvalue weighted by Gasteiger charge is -2.28. The molecule has 2 aromatic rings. The Morgan fingerprint density at radius 2 is 1.62 bits per heavy atom. The Morgan fingerprint density at radius 3 is 2.22 bits per heavy atom. The van der Waals surface area contributed by atoms with Crippen molar-refractivity contribution in [2.24, 2.45) is 5.41 Å². The van der Waals surface area contributed by atoms with Gasteiger partial charge in [0.1, 0.15) is 0 Å². The molecule has 0 aliphatic carbocycles. The number of carbonyl (C=O) groups is 2. The van der Waals surface area contributed by atoms with Crippen LogP contribution < -0.4 is 0 Å². The molecule has 2 heterocycles. The van der Waals surface area contributed by atoms with Crippen LogP contribution in [-0.2, 0) is 20.7 Å². The van der Waals surface area contributed by atoms with E-state index in [2.05, 4.69) is 30.4 Å². The average molecular weight is 446 g/mol. The Kier molecular flexibility index (Phi) is 8.64. The SMILES string of the molecule is CN(CCc1nnc(-c2ncccn2)nn1)C(=O)CCC(C)(C)OCCC(C)(C)C(=O)O. The normalized spacial score (nSPS) is 11.9. The van der Waals surface area contributed by atoms with Crippen LogP contribution in [0.15, 0.2) is 18.5 Å². The van der Waals surface area contributed by atoms with Crippen LogP contribution in [-0.4, -0.2) is 78.0 Å². The molecule has 0 saturated heterocycles. The number of likely N-dealkylation sites (N-methyl/N-ethyl adjacent to an activating group) is 1. The van der Waals surface area contributed by atoms with Crippen LogP contribution in [0.25, 0.3) is 11.6 Å². The van der Waals surface area contributed by atoms with Crippen molar-refractivity contribution in [3.8, 4) is 11.6 Å². The van der Waals surface area contributed by atoms with Gasteiger partial charge in [0.05, 0.1) is 11.0 Å². The Hall–Kier alpha value is -3.08. The summed E-state index contributed by atoms with van der Waals surface area (Å²) in [4.78, 5) is 33.4. The number of aromatic nitrogens is 6. The van der Waals surface area contributed by atoms with Crippen LogP contribution in [0.1, 0.15) is 52.8 Å². The number of amides is 1. The highest BCUT2D eigenvalue weighted by Gasteiger charge is 2.28. The zero-order chi connectivity index (χ0) is 23.8. The van der Waals surface area contributed by atoms with Gasteiger partial charge in [0.25, 0.3) is 0 Å². The van der Waals surface area contributed by atoms with Gasteiger partial charge in [0, 0.05) is 45.4 Å². The van der Waals surface area contributed by atoms with Crippen LogP contribution in [0.5, 0.6) is 0 Å². The average Bonchev–Trinajstić information content (AvgIpc) is 2.76. The van der Waals surface area contributed by atoms with Crippen molar-refractivity contribution in [3.63, 3.8) is 0 Å². The van der Waals surface area contributed by atoms with E-state index in [9.17, 15) is 14.7 Å². The molecule has 0 fully saturated rings. The van der Waals surface area contributed by atoms with Gasteiger partial charge < -0.3 is 14.7 Å². The quantitative estimate of drug-likeness (QED) is 0.513. The molecule has 32 heavy (non-hydrogen) atoms. The van der Waals surface area contributed by atoms with E-state index in [-0.39, 0.29) is 11.7 Å². The number of carbonyl (C=O) groups excluding carboxylic acids is 1. The molecule has 1 N–H and O–H groups in total. The van der Waals surface area contributed by atoms with Gasteiger partial charge in [-0.3, -0.25) is 9.59 Å². The Labute approximate surface area is 187 Å². The van der Waals surface area contributed by atoms with Crippen molar-refractivity contribution in [2.45, 2.75) is 59.0 Å². The van der Waals surface area contributed by atoms with Crippen molar-refractivity contribution in [2.75, 3.05) is 20.2 Å². The molecule has 2 aromatic heterocycles. The molecule has 0 aromatic carbocycles. The number of hydrogen-bond acceptors (Lipinski definition) is 9. The summed E-state index contributed by atoms with van der Waals surface area (Å²) in [5.74, 6) is 0.139. The first-order chi connectivity index (χ1) is 15.0. The second-order valence-electron chi connectivity index (χ2n) is 8.82. The first-order valence-electron chi connectivity index (χ1n) is 10.5. The van der Waals surface area contributed by atoms with E-state index in [1.807, 2.05) is 13.8 Å². The van der Waals surface area contributed by atoms with Gasteiger partial charge in [-0.05, 0) is 46.6 Å². The molecule has 1 amide bonds. The van der Waals surface area contributed by atoms with Gasteiger partial charge in [-0.2, -0.15) is 0 Å². The molecule has 0 spiro atoms. The summed E-state index contributed by atoms with van der Waals surface area (Å²) in [6, 6.07) is 1.69. The fourth-order valence-electron chi connectivity index (χ4n) is 2.61. The van der Waals surface area contributed by atoms with E-state index in [0.29, 0.717) is 50.5 Å². The number of ether oxygens (including phenoxy) is 1. The van der Waals surface area contributed by atoms with Gasteiger partial charge >= 0.3 is 5.97 Å². The largest absolute Gasteiger partial charge is 0.481 e. The molecule has 0 bridgehead atoms. The second kappa shape index (κ2) is 11.0. The second-order valence-corrected chi connectivity index (χ2v) is 8.82. The Balaban J connectivity index is 1.75. The van der Waals surface area contributed by atoms with Crippen molar-refractivity contribution in [1.82, 2.24) is 35.3 Å². The third kappa shape index (κ3) is 7.88. The van der Waals surface area contributed by atoms with E-state index in [0.717, 1.165) is 0 Å². The van der Waals surface area contributed by atoms with Crippen molar-refractivity contribution >= 4 is 11.9 Å². The van der Waals surface area contributed by atoms with E-state index >= 15 is 0 Å². The number of carboxylic acid groups (broad SMARTS) is 1. The number of hydrogen-bond donors (Lipinski definition) is 1. The maximum absolute atomic E-state index is 12.5. The number of rotatable bonds is 12. The standard InChI is InChI=1S/C21H31N7O4/c1-20(2,19(30)31)10-14-32-21(3,4)9-7-16(29)28(5)13-8-15-24-26-18(27-25-15)17-22-11-6-12-23-17/h6,11-12H,7-10,13-14H2,1-5H3,(H,30,31). The van der Waals surface area contributed by atoms with E-state index in [4.69, 9.17) is 4.74 Å². The molecular weight excluding hydrogens is 414 g/mol. The number of carboxylic acids is 1. The van der Waals surface area contributed by atoms with Gasteiger partial charge in [0.2, 0.25) is 17.6 Å². The zero-order valence-electron chi connectivity index (χ0n) is 19.3. The minimum atomic E-state index is -0.854. The molecule has 0 unspecified atom stereocenters. The van der Waals surface area contributed by atoms with Gasteiger partial charge in [0.15, 0.2) is 5.82 Å². The molecule has 0 radical (unpaired) electrons. The molecule has 0 aliphatic rings. The molecule has 2 rings (SSSR count). The molecule has 0 atom stereocenters. The van der Waals surface area contributed by atoms with Crippen LogP contribution in [0.3, 0.4) is 0 Å². The van der Waals surface area contributed by atoms with E-state index in [1.165, 1.54) is 0 Å². The summed E-state index contributed by atoms with van der Waals surface area (Å²) in [5.41, 5.74) is -1.37. The van der Waals surface area contributed by atoms with Crippen LogP contribution in [0.4, 0.5) is 0 Å². The molecule has 0 aliphatic heterocycles. The van der Waals surface area contributed by atoms with E-state index < -0.39 is 17.0 Å². The molecule has 11 heteroatoms. The van der Waals surface area contributed by atoms with Crippen LogP contribution in [0.2, 0.25) is 0 Å². The fourth-order valence-corrected chi connectivity index (χ4v) is 2.61. The summed E-state index contributed by atoms with van der Waals surface area (Å²) in [6.45, 7) is 7.88. The highest BCUT2D eigenvalue weighted by molar-refractivity contribution is 5.76. The summed E-state index contributed by atoms with van der Waals surface area (Å²) >= 11 is 0. The lowest BCUT2D eigenvalue weighted by molar-refractivity contribution is -0.149. The predicted molar refractivity (Wildman–Crippen MR) is 115 cm³/mol. The predicted octanol–water partition coefficient (Wildman–Crippen LogP) is 1.80. The molecular formula is C21H31N7O4. The summed E-state index contributed by atoms with van der Waals surface area (Å²) < 4.78 is 5.84. The van der Waals surface area contributed by atoms with Gasteiger partial charge in [-0.15, -0.1) is 20.4 Å². The Morgan fingerprint density at radius 1 is 1.00 bits per heavy atom. The van der Waals surface area contributed by atoms with Crippen LogP contribution in [0, 0.1) is 5.41 Å². The highest BCUT2D eigenvalue weighted by atomic mass is 16.5. The molecule has 11 nitrogen and oxygen atoms in total. The maximum Gasteiger partial charge on any atom is 0.309 e. The summed E-state index contributed by atoms with van der Waals surface area (Å²) in [7, 11) is 1.72. The first-order valence-corrected chi connectivity index (χ1v) is 10.5. The van der Waals surface area contributed by atoms with Crippen molar-refractivity contribution in [1.29, 1.82) is 0 Å². The fraction of sp³-hybridized carbons (Fsp3) is 0.619. The zero-order valence-corrected chi connectivity index (χ0v) is 19.3.